The number of carbonyl (C=O) groups is 1. The number of nitrogens with two attached hydrogens (primary N) is 1. The minimum absolute atomic E-state index is 0.272. The van der Waals surface area contributed by atoms with Gasteiger partial charge in [0.1, 0.15) is 5.60 Å². The quantitative estimate of drug-likeness (QED) is 0.774. The number of carbonyl (C=O) groups excluding carboxylic acids is 1. The van der Waals surface area contributed by atoms with Crippen molar-refractivity contribution in [3.63, 3.8) is 0 Å². The summed E-state index contributed by atoms with van der Waals surface area (Å²) in [5.41, 5.74) is 5.45. The molecule has 124 valence electrons. The molecule has 1 heterocycles. The fraction of sp³-hybridized carbons (Fsp3) is 0.933. The van der Waals surface area contributed by atoms with Gasteiger partial charge in [0.25, 0.3) is 0 Å². The van der Waals surface area contributed by atoms with E-state index >= 15 is 0 Å². The second-order valence-corrected chi connectivity index (χ2v) is 6.48. The Bertz CT molecular complexity index is 318. The molecule has 0 aromatic rings. The number of alkyl carbamates (subject to hydrolysis) is 1. The maximum atomic E-state index is 11.6. The van der Waals surface area contributed by atoms with Gasteiger partial charge in [0, 0.05) is 31.7 Å². The third kappa shape index (κ3) is 6.63. The van der Waals surface area contributed by atoms with Crippen LogP contribution in [0, 0.1) is 0 Å². The van der Waals surface area contributed by atoms with Crippen LogP contribution in [0.3, 0.4) is 0 Å². The smallest absolute Gasteiger partial charge is 0.407 e. The number of morpholine rings is 1. The number of hydrogen-bond acceptors (Lipinski definition) is 5. The van der Waals surface area contributed by atoms with E-state index in [0.717, 1.165) is 32.6 Å². The van der Waals surface area contributed by atoms with Gasteiger partial charge in [-0.05, 0) is 33.6 Å². The molecule has 1 aliphatic rings. The zero-order valence-electron chi connectivity index (χ0n) is 13.9. The first-order valence-electron chi connectivity index (χ1n) is 7.87. The van der Waals surface area contributed by atoms with Crippen LogP contribution in [-0.2, 0) is 9.47 Å². The van der Waals surface area contributed by atoms with Crippen LogP contribution in [0.15, 0.2) is 0 Å². The van der Waals surface area contributed by atoms with Crippen molar-refractivity contribution in [3.8, 4) is 0 Å². The molecule has 0 spiro atoms. The van der Waals surface area contributed by atoms with Crippen molar-refractivity contribution >= 4 is 6.09 Å². The van der Waals surface area contributed by atoms with Crippen molar-refractivity contribution in [1.82, 2.24) is 10.2 Å². The molecule has 0 aliphatic carbocycles. The van der Waals surface area contributed by atoms with Gasteiger partial charge in [0.2, 0.25) is 0 Å². The lowest BCUT2D eigenvalue weighted by Gasteiger charge is -2.40. The molecule has 1 saturated heterocycles. The third-order valence-electron chi connectivity index (χ3n) is 3.63. The minimum Gasteiger partial charge on any atom is -0.444 e. The summed E-state index contributed by atoms with van der Waals surface area (Å²) in [4.78, 5) is 14.0. The highest BCUT2D eigenvalue weighted by atomic mass is 16.6. The summed E-state index contributed by atoms with van der Waals surface area (Å²) in [5.74, 6) is 0. The van der Waals surface area contributed by atoms with E-state index in [0.29, 0.717) is 19.1 Å². The second-order valence-electron chi connectivity index (χ2n) is 6.48. The fourth-order valence-corrected chi connectivity index (χ4v) is 2.57. The number of nitrogens with one attached hydrogen (secondary N) is 1. The van der Waals surface area contributed by atoms with Gasteiger partial charge >= 0.3 is 6.09 Å². The molecule has 3 N–H and O–H groups in total. The molecule has 6 nitrogen and oxygen atoms in total. The molecule has 1 amide bonds. The van der Waals surface area contributed by atoms with E-state index in [-0.39, 0.29) is 12.1 Å². The van der Waals surface area contributed by atoms with Gasteiger partial charge in [-0.3, -0.25) is 4.90 Å². The van der Waals surface area contributed by atoms with Crippen LogP contribution in [-0.4, -0.2) is 61.5 Å². The first-order chi connectivity index (χ1) is 9.87. The molecule has 2 unspecified atom stereocenters. The number of rotatable bonds is 6. The monoisotopic (exact) mass is 301 g/mol. The standard InChI is InChI=1S/C15H31N3O3/c1-5-12-11-20-9-8-18(12)13(10-16)6-7-17-14(19)21-15(2,3)4/h12-13H,5-11,16H2,1-4H3,(H,17,19). The Balaban J connectivity index is 2.38. The fourth-order valence-electron chi connectivity index (χ4n) is 2.57. The zero-order valence-corrected chi connectivity index (χ0v) is 13.9. The molecule has 1 aliphatic heterocycles. The van der Waals surface area contributed by atoms with Crippen LogP contribution in [0.2, 0.25) is 0 Å². The lowest BCUT2D eigenvalue weighted by atomic mass is 10.1. The number of amides is 1. The molecule has 0 aromatic heterocycles. The van der Waals surface area contributed by atoms with Gasteiger partial charge < -0.3 is 20.5 Å². The summed E-state index contributed by atoms with van der Waals surface area (Å²) in [5, 5.41) is 2.80. The molecule has 2 atom stereocenters. The number of nitrogens with zero attached hydrogens (tertiary/aromatic N) is 1. The van der Waals surface area contributed by atoms with Crippen LogP contribution in [0.5, 0.6) is 0 Å². The molecular formula is C15H31N3O3. The molecule has 1 rings (SSSR count). The molecule has 0 radical (unpaired) electrons. The van der Waals surface area contributed by atoms with Crippen molar-refractivity contribution in [2.24, 2.45) is 5.73 Å². The molecular weight excluding hydrogens is 270 g/mol. The van der Waals surface area contributed by atoms with Crippen molar-refractivity contribution in [1.29, 1.82) is 0 Å². The number of ether oxygens (including phenoxy) is 2. The Morgan fingerprint density at radius 1 is 1.52 bits per heavy atom. The maximum absolute atomic E-state index is 11.6. The van der Waals surface area contributed by atoms with E-state index in [1.807, 2.05) is 20.8 Å². The predicted octanol–water partition coefficient (Wildman–Crippen LogP) is 1.34. The molecule has 21 heavy (non-hydrogen) atoms. The molecule has 6 heteroatoms. The van der Waals surface area contributed by atoms with Gasteiger partial charge in [-0.2, -0.15) is 0 Å². The average Bonchev–Trinajstić information content (AvgIpc) is 2.42. The van der Waals surface area contributed by atoms with Gasteiger partial charge in [0.05, 0.1) is 13.2 Å². The highest BCUT2D eigenvalue weighted by Crippen LogP contribution is 2.15. The lowest BCUT2D eigenvalue weighted by Crippen LogP contribution is -2.53. The largest absolute Gasteiger partial charge is 0.444 e. The van der Waals surface area contributed by atoms with Gasteiger partial charge in [-0.1, -0.05) is 6.92 Å². The third-order valence-corrected chi connectivity index (χ3v) is 3.63. The highest BCUT2D eigenvalue weighted by Gasteiger charge is 2.27. The van der Waals surface area contributed by atoms with Crippen LogP contribution < -0.4 is 11.1 Å². The SMILES string of the molecule is CCC1COCCN1C(CN)CCNC(=O)OC(C)(C)C. The van der Waals surface area contributed by atoms with Gasteiger partial charge in [-0.25, -0.2) is 4.79 Å². The van der Waals surface area contributed by atoms with E-state index < -0.39 is 5.60 Å². The molecule has 1 fully saturated rings. The van der Waals surface area contributed by atoms with Crippen LogP contribution in [0.4, 0.5) is 4.79 Å². The van der Waals surface area contributed by atoms with E-state index in [9.17, 15) is 4.79 Å². The Hall–Kier alpha value is -0.850. The minimum atomic E-state index is -0.463. The van der Waals surface area contributed by atoms with Crippen LogP contribution >= 0.6 is 0 Å². The predicted molar refractivity (Wildman–Crippen MR) is 83.3 cm³/mol. The summed E-state index contributed by atoms with van der Waals surface area (Å²) >= 11 is 0. The lowest BCUT2D eigenvalue weighted by molar-refractivity contribution is -0.0298. The van der Waals surface area contributed by atoms with Crippen molar-refractivity contribution in [2.75, 3.05) is 32.8 Å². The topological polar surface area (TPSA) is 76.8 Å². The Kier molecular flexibility index (Phi) is 7.42. The zero-order chi connectivity index (χ0) is 15.9. The summed E-state index contributed by atoms with van der Waals surface area (Å²) < 4.78 is 10.7. The summed E-state index contributed by atoms with van der Waals surface area (Å²) in [7, 11) is 0. The van der Waals surface area contributed by atoms with Crippen molar-refractivity contribution < 1.29 is 14.3 Å². The van der Waals surface area contributed by atoms with Crippen molar-refractivity contribution in [2.45, 2.75) is 58.2 Å². The van der Waals surface area contributed by atoms with E-state index in [1.165, 1.54) is 0 Å². The first-order valence-corrected chi connectivity index (χ1v) is 7.87. The van der Waals surface area contributed by atoms with Gasteiger partial charge in [-0.15, -0.1) is 0 Å². The van der Waals surface area contributed by atoms with E-state index in [2.05, 4.69) is 17.1 Å². The highest BCUT2D eigenvalue weighted by molar-refractivity contribution is 5.67. The molecule has 0 saturated carbocycles. The Morgan fingerprint density at radius 2 is 2.24 bits per heavy atom. The normalized spacial score (nSPS) is 21.9. The number of hydrogen-bond donors (Lipinski definition) is 2. The Morgan fingerprint density at radius 3 is 2.81 bits per heavy atom. The molecule has 0 aromatic carbocycles. The summed E-state index contributed by atoms with van der Waals surface area (Å²) in [6.07, 6.45) is 1.51. The van der Waals surface area contributed by atoms with Crippen molar-refractivity contribution in [3.05, 3.63) is 0 Å². The average molecular weight is 301 g/mol. The maximum Gasteiger partial charge on any atom is 0.407 e. The molecule has 0 bridgehead atoms. The van der Waals surface area contributed by atoms with E-state index in [1.54, 1.807) is 0 Å². The van der Waals surface area contributed by atoms with Crippen LogP contribution in [0.1, 0.15) is 40.5 Å². The Labute approximate surface area is 128 Å². The van der Waals surface area contributed by atoms with Gasteiger partial charge in [0.15, 0.2) is 0 Å². The van der Waals surface area contributed by atoms with E-state index in [4.69, 9.17) is 15.2 Å². The second kappa shape index (κ2) is 8.56. The summed E-state index contributed by atoms with van der Waals surface area (Å²) in [6.45, 7) is 11.3. The first kappa shape index (κ1) is 18.2. The summed E-state index contributed by atoms with van der Waals surface area (Å²) in [6, 6.07) is 0.697. The van der Waals surface area contributed by atoms with Crippen LogP contribution in [0.25, 0.3) is 0 Å².